The molecule has 0 aliphatic carbocycles. The number of rotatable bonds is 10. The van der Waals surface area contributed by atoms with Gasteiger partial charge in [0.2, 0.25) is 0 Å². The van der Waals surface area contributed by atoms with E-state index in [0.29, 0.717) is 22.3 Å². The summed E-state index contributed by atoms with van der Waals surface area (Å²) in [6.45, 7) is 0. The molecule has 0 saturated carbocycles. The molecule has 0 fully saturated rings. The molecular weight excluding hydrogens is 777 g/mol. The second kappa shape index (κ2) is 30.9. The summed E-state index contributed by atoms with van der Waals surface area (Å²) in [5.41, 5.74) is 3.18. The Hall–Kier alpha value is -2.12. The van der Waals surface area contributed by atoms with Gasteiger partial charge in [-0.15, -0.1) is 24.4 Å². The largest absolute Gasteiger partial charge is 2.00 e. The molecule has 0 amide bonds. The van der Waals surface area contributed by atoms with Gasteiger partial charge in [0, 0.05) is 0 Å². The number of carboxylic acid groups (broad SMARTS) is 2. The van der Waals surface area contributed by atoms with E-state index in [1.54, 1.807) is 84.9 Å². The summed E-state index contributed by atoms with van der Waals surface area (Å²) in [5.74, 6) is -2.26. The molecule has 4 unspecified atom stereocenters. The van der Waals surface area contributed by atoms with Crippen molar-refractivity contribution < 1.29 is 40.2 Å². The van der Waals surface area contributed by atoms with Gasteiger partial charge in [-0.25, -0.2) is 0 Å². The van der Waals surface area contributed by atoms with Crippen LogP contribution in [0.25, 0.3) is 0 Å². The predicted octanol–water partition coefficient (Wildman–Crippen LogP) is 2.12. The standard InChI is InChI=1S/2C15H14O2.2C7H6O2.3Ca/c2*16-14(12-7-3-1-4-8-12)11-15(17)13-9-5-2-6-10-13;2*8-7(9)6-4-2-1-3-5-6;;;/h2*1-10,14-15H,11H2;2*1-5H,(H,8,9);;;/q2*-2;;;3*+2/p-2. The Morgan fingerprint density at radius 2 is 0.491 bits per heavy atom. The molecule has 6 rings (SSSR count). The topological polar surface area (TPSA) is 172 Å². The Balaban J connectivity index is 0.000000723. The van der Waals surface area contributed by atoms with Crippen molar-refractivity contribution in [3.63, 3.8) is 0 Å². The van der Waals surface area contributed by atoms with E-state index < -0.39 is 36.4 Å². The smallest absolute Gasteiger partial charge is 0.849 e. The number of hydrogen-bond donors (Lipinski definition) is 0. The van der Waals surface area contributed by atoms with E-state index in [9.17, 15) is 40.2 Å². The van der Waals surface area contributed by atoms with E-state index in [1.807, 2.05) is 72.8 Å². The molecule has 6 aromatic carbocycles. The summed E-state index contributed by atoms with van der Waals surface area (Å²) in [5, 5.41) is 67.8. The number of carbonyl (C=O) groups excluding carboxylic acids is 2. The normalized spacial score (nSPS) is 11.7. The monoisotopic (exact) mass is 814 g/mol. The summed E-state index contributed by atoms with van der Waals surface area (Å²) in [6, 6.07) is 52.3. The molecule has 268 valence electrons. The number of aromatic carboxylic acids is 2. The SMILES string of the molecule is O=C([O-])c1ccccc1.O=C([O-])c1ccccc1.[Ca+2].[Ca+2].[Ca+2].[O-]C(CC([O-])c1ccccc1)c1ccccc1.[O-]C(CC([O-])c1ccccc1)c1ccccc1. The van der Waals surface area contributed by atoms with Gasteiger partial charge in [0.15, 0.2) is 0 Å². The first-order valence-corrected chi connectivity index (χ1v) is 16.5. The molecule has 0 N–H and O–H groups in total. The van der Waals surface area contributed by atoms with Crippen LogP contribution in [0.5, 0.6) is 0 Å². The zero-order chi connectivity index (χ0) is 37.6. The van der Waals surface area contributed by atoms with E-state index in [2.05, 4.69) is 0 Å². The molecule has 0 spiro atoms. The molecule has 4 atom stereocenters. The van der Waals surface area contributed by atoms with Gasteiger partial charge in [0.05, 0.1) is 11.9 Å². The maximum atomic E-state index is 11.9. The average molecular weight is 815 g/mol. The van der Waals surface area contributed by atoms with Crippen LogP contribution in [0.3, 0.4) is 0 Å². The molecule has 0 saturated heterocycles. The van der Waals surface area contributed by atoms with Crippen LogP contribution in [0.4, 0.5) is 0 Å². The van der Waals surface area contributed by atoms with Gasteiger partial charge in [0.1, 0.15) is 0 Å². The van der Waals surface area contributed by atoms with Crippen molar-refractivity contribution in [3.05, 3.63) is 215 Å². The van der Waals surface area contributed by atoms with Crippen LogP contribution in [-0.2, 0) is 0 Å². The van der Waals surface area contributed by atoms with Crippen LogP contribution >= 0.6 is 0 Å². The first-order chi connectivity index (χ1) is 25.2. The van der Waals surface area contributed by atoms with Gasteiger partial charge in [-0.3, -0.25) is 0 Å². The fourth-order valence-electron chi connectivity index (χ4n) is 4.75. The van der Waals surface area contributed by atoms with Crippen LogP contribution in [0.15, 0.2) is 182 Å². The Bertz CT molecular complexity index is 1610. The van der Waals surface area contributed by atoms with Crippen LogP contribution in [0, 0.1) is 0 Å². The van der Waals surface area contributed by atoms with Crippen molar-refractivity contribution in [1.82, 2.24) is 0 Å². The molecule has 0 radical (unpaired) electrons. The van der Waals surface area contributed by atoms with Gasteiger partial charge < -0.3 is 40.2 Å². The third-order valence-electron chi connectivity index (χ3n) is 7.56. The molecule has 0 aromatic heterocycles. The van der Waals surface area contributed by atoms with Gasteiger partial charge >= 0.3 is 113 Å². The fraction of sp³-hybridized carbons (Fsp3) is 0.136. The minimum Gasteiger partial charge on any atom is -0.849 e. The maximum absolute atomic E-state index is 11.9. The summed E-state index contributed by atoms with van der Waals surface area (Å²) in [6.07, 6.45) is -3.60. The minimum atomic E-state index is -1.13. The van der Waals surface area contributed by atoms with Crippen molar-refractivity contribution in [2.75, 3.05) is 0 Å². The van der Waals surface area contributed by atoms with Crippen LogP contribution < -0.4 is 30.6 Å². The summed E-state index contributed by atoms with van der Waals surface area (Å²) in [4.78, 5) is 20.2. The molecule has 8 nitrogen and oxygen atoms in total. The van der Waals surface area contributed by atoms with E-state index in [4.69, 9.17) is 0 Å². The molecule has 0 aliphatic heterocycles. The Labute approximate surface area is 412 Å². The van der Waals surface area contributed by atoms with Crippen molar-refractivity contribution in [3.8, 4) is 0 Å². The fourth-order valence-corrected chi connectivity index (χ4v) is 4.75. The first-order valence-electron chi connectivity index (χ1n) is 16.5. The second-order valence-electron chi connectivity index (χ2n) is 11.4. The Morgan fingerprint density at radius 1 is 0.327 bits per heavy atom. The summed E-state index contributed by atoms with van der Waals surface area (Å²) < 4.78 is 0. The Morgan fingerprint density at radius 3 is 0.636 bits per heavy atom. The number of benzene rings is 6. The van der Waals surface area contributed by atoms with Crippen molar-refractivity contribution in [1.29, 1.82) is 0 Å². The van der Waals surface area contributed by atoms with Gasteiger partial charge in [-0.05, 0) is 11.1 Å². The quantitative estimate of drug-likeness (QED) is 0.189. The minimum absolute atomic E-state index is 0. The third-order valence-corrected chi connectivity index (χ3v) is 7.56. The number of hydrogen-bond acceptors (Lipinski definition) is 8. The number of carbonyl (C=O) groups is 2. The molecule has 6 aromatic rings. The second-order valence-corrected chi connectivity index (χ2v) is 11.4. The molecule has 11 heteroatoms. The van der Waals surface area contributed by atoms with Crippen LogP contribution in [-0.4, -0.2) is 125 Å². The predicted molar refractivity (Wildman–Crippen MR) is 205 cm³/mol. The Kier molecular flexibility index (Phi) is 29.8. The zero-order valence-corrected chi connectivity index (χ0v) is 37.1. The molecule has 0 bridgehead atoms. The van der Waals surface area contributed by atoms with Gasteiger partial charge in [-0.2, -0.15) is 0 Å². The van der Waals surface area contributed by atoms with E-state index >= 15 is 0 Å². The summed E-state index contributed by atoms with van der Waals surface area (Å²) in [7, 11) is 0. The molecule has 55 heavy (non-hydrogen) atoms. The first kappa shape index (κ1) is 52.9. The van der Waals surface area contributed by atoms with Crippen LogP contribution in [0.1, 0.15) is 80.2 Å². The van der Waals surface area contributed by atoms with Crippen LogP contribution in [0.2, 0.25) is 0 Å². The number of carboxylic acids is 2. The zero-order valence-electron chi connectivity index (χ0n) is 30.4. The van der Waals surface area contributed by atoms with Gasteiger partial charge in [-0.1, -0.05) is 217 Å². The average Bonchev–Trinajstić information content (AvgIpc) is 3.20. The van der Waals surface area contributed by atoms with Gasteiger partial charge in [0.25, 0.3) is 0 Å². The third kappa shape index (κ3) is 21.3. The van der Waals surface area contributed by atoms with Crippen molar-refractivity contribution >= 4 is 125 Å². The van der Waals surface area contributed by atoms with E-state index in [-0.39, 0.29) is 137 Å². The van der Waals surface area contributed by atoms with Crippen molar-refractivity contribution in [2.45, 2.75) is 37.3 Å². The van der Waals surface area contributed by atoms with E-state index in [1.165, 1.54) is 24.3 Å². The van der Waals surface area contributed by atoms with E-state index in [0.717, 1.165) is 0 Å². The summed E-state index contributed by atoms with van der Waals surface area (Å²) >= 11 is 0. The van der Waals surface area contributed by atoms with Crippen molar-refractivity contribution in [2.24, 2.45) is 0 Å². The maximum Gasteiger partial charge on any atom is 2.00 e. The molecule has 0 heterocycles. The molecule has 0 aliphatic rings. The molecular formula is C44H38Ca3O8.